The maximum absolute atomic E-state index is 6.12. The fourth-order valence-corrected chi connectivity index (χ4v) is 2.56. The van der Waals surface area contributed by atoms with Crippen LogP contribution in [0.4, 0.5) is 17.6 Å². The lowest BCUT2D eigenvalue weighted by atomic mass is 10.1. The van der Waals surface area contributed by atoms with Crippen molar-refractivity contribution < 1.29 is 4.74 Å². The number of nitrogens with one attached hydrogen (secondary N) is 2. The second-order valence-corrected chi connectivity index (χ2v) is 6.16. The summed E-state index contributed by atoms with van der Waals surface area (Å²) in [6.45, 7) is 4.25. The summed E-state index contributed by atoms with van der Waals surface area (Å²) >= 11 is 12.1. The highest BCUT2D eigenvalue weighted by Crippen LogP contribution is 2.28. The summed E-state index contributed by atoms with van der Waals surface area (Å²) in [6.07, 6.45) is 3.33. The van der Waals surface area contributed by atoms with Crippen LogP contribution in [0.25, 0.3) is 0 Å². The first-order valence-electron chi connectivity index (χ1n) is 7.80. The van der Waals surface area contributed by atoms with Crippen molar-refractivity contribution in [2.24, 2.45) is 0 Å². The molecule has 0 bridgehead atoms. The van der Waals surface area contributed by atoms with E-state index in [1.54, 1.807) is 19.2 Å². The number of rotatable bonds is 8. The highest BCUT2D eigenvalue weighted by molar-refractivity contribution is 6.32. The summed E-state index contributed by atoms with van der Waals surface area (Å²) < 4.78 is 5.13. The Kier molecular flexibility index (Phi) is 6.87. The van der Waals surface area contributed by atoms with Gasteiger partial charge in [-0.3, -0.25) is 0 Å². The second-order valence-electron chi connectivity index (χ2n) is 5.41. The van der Waals surface area contributed by atoms with E-state index in [-0.39, 0.29) is 11.3 Å². The molecule has 1 aromatic heterocycles. The van der Waals surface area contributed by atoms with Crippen LogP contribution < -0.4 is 15.4 Å². The van der Waals surface area contributed by atoms with Gasteiger partial charge in [-0.05, 0) is 43.1 Å². The van der Waals surface area contributed by atoms with Gasteiger partial charge in [-0.15, -0.1) is 0 Å². The number of aromatic nitrogens is 3. The van der Waals surface area contributed by atoms with Crippen LogP contribution in [-0.4, -0.2) is 28.1 Å². The van der Waals surface area contributed by atoms with Crippen molar-refractivity contribution in [3.05, 3.63) is 28.5 Å². The van der Waals surface area contributed by atoms with Crippen molar-refractivity contribution in [3.63, 3.8) is 0 Å². The average Bonchev–Trinajstić information content (AvgIpc) is 2.52. The maximum atomic E-state index is 6.12. The van der Waals surface area contributed by atoms with Crippen LogP contribution in [0.1, 0.15) is 33.1 Å². The molecule has 0 saturated heterocycles. The molecule has 1 unspecified atom stereocenters. The third-order valence-electron chi connectivity index (χ3n) is 3.38. The van der Waals surface area contributed by atoms with Crippen LogP contribution in [0, 0.1) is 0 Å². The minimum Gasteiger partial charge on any atom is -0.495 e. The summed E-state index contributed by atoms with van der Waals surface area (Å²) in [5, 5.41) is 6.92. The van der Waals surface area contributed by atoms with Crippen molar-refractivity contribution in [3.8, 4) is 5.75 Å². The zero-order valence-electron chi connectivity index (χ0n) is 13.9. The zero-order valence-corrected chi connectivity index (χ0v) is 15.4. The lowest BCUT2D eigenvalue weighted by Crippen LogP contribution is -2.17. The van der Waals surface area contributed by atoms with Crippen molar-refractivity contribution in [2.75, 3.05) is 17.7 Å². The Hall–Kier alpha value is -1.79. The van der Waals surface area contributed by atoms with E-state index in [0.717, 1.165) is 24.9 Å². The summed E-state index contributed by atoms with van der Waals surface area (Å²) in [5.74, 6) is 1.39. The van der Waals surface area contributed by atoms with E-state index >= 15 is 0 Å². The molecule has 1 heterocycles. The number of nitrogens with zero attached hydrogens (tertiary/aromatic N) is 3. The summed E-state index contributed by atoms with van der Waals surface area (Å²) in [4.78, 5) is 12.5. The second kappa shape index (κ2) is 8.89. The quantitative estimate of drug-likeness (QED) is 0.687. The predicted molar refractivity (Wildman–Crippen MR) is 98.7 cm³/mol. The largest absolute Gasteiger partial charge is 0.495 e. The molecule has 0 aliphatic carbocycles. The maximum Gasteiger partial charge on any atom is 0.233 e. The fourth-order valence-electron chi connectivity index (χ4n) is 2.15. The lowest BCUT2D eigenvalue weighted by Gasteiger charge is -2.14. The van der Waals surface area contributed by atoms with E-state index in [1.165, 1.54) is 0 Å². The molecule has 0 spiro atoms. The normalized spacial score (nSPS) is 11.9. The monoisotopic (exact) mass is 369 g/mol. The van der Waals surface area contributed by atoms with Crippen molar-refractivity contribution in [2.45, 2.75) is 39.2 Å². The van der Waals surface area contributed by atoms with Gasteiger partial charge in [0.2, 0.25) is 17.2 Å². The Labute approximate surface area is 152 Å². The lowest BCUT2D eigenvalue weighted by molar-refractivity contribution is 0.415. The highest BCUT2D eigenvalue weighted by atomic mass is 35.5. The first-order valence-corrected chi connectivity index (χ1v) is 8.56. The van der Waals surface area contributed by atoms with Crippen molar-refractivity contribution >= 4 is 40.8 Å². The third kappa shape index (κ3) is 5.39. The summed E-state index contributed by atoms with van der Waals surface area (Å²) in [5.41, 5.74) is 0.730. The standard InChI is InChI=1S/C16H21Cl2N5O/c1-4-5-6-10(2)19-15-21-14(18)22-16(23-15)20-11-7-8-13(24-3)12(17)9-11/h7-10H,4-6H2,1-3H3,(H2,19,20,21,22,23). The Balaban J connectivity index is 2.11. The third-order valence-corrected chi connectivity index (χ3v) is 3.85. The van der Waals surface area contributed by atoms with Gasteiger partial charge in [-0.1, -0.05) is 31.4 Å². The number of anilines is 3. The molecule has 2 rings (SSSR count). The molecule has 0 saturated carbocycles. The van der Waals surface area contributed by atoms with Gasteiger partial charge >= 0.3 is 0 Å². The van der Waals surface area contributed by atoms with Gasteiger partial charge in [0.15, 0.2) is 0 Å². The minimum atomic E-state index is 0.123. The molecular formula is C16H21Cl2N5O. The number of hydrogen-bond acceptors (Lipinski definition) is 6. The molecule has 8 heteroatoms. The van der Waals surface area contributed by atoms with Crippen LogP contribution in [0.2, 0.25) is 10.3 Å². The molecule has 1 atom stereocenters. The molecular weight excluding hydrogens is 349 g/mol. The average molecular weight is 370 g/mol. The number of benzene rings is 1. The molecule has 2 N–H and O–H groups in total. The SMILES string of the molecule is CCCCC(C)Nc1nc(Cl)nc(Nc2ccc(OC)c(Cl)c2)n1. The van der Waals surface area contributed by atoms with Crippen molar-refractivity contribution in [1.29, 1.82) is 0 Å². The number of methoxy groups -OCH3 is 1. The minimum absolute atomic E-state index is 0.123. The molecule has 0 radical (unpaired) electrons. The Bertz CT molecular complexity index is 684. The van der Waals surface area contributed by atoms with E-state index in [2.05, 4.69) is 39.4 Å². The molecule has 24 heavy (non-hydrogen) atoms. The number of halogens is 2. The highest BCUT2D eigenvalue weighted by Gasteiger charge is 2.09. The van der Waals surface area contributed by atoms with Crippen LogP contribution >= 0.6 is 23.2 Å². The topological polar surface area (TPSA) is 72.0 Å². The smallest absolute Gasteiger partial charge is 0.233 e. The first-order chi connectivity index (χ1) is 11.5. The molecule has 0 aliphatic rings. The Morgan fingerprint density at radius 3 is 2.58 bits per heavy atom. The van der Waals surface area contributed by atoms with Crippen LogP contribution in [-0.2, 0) is 0 Å². The zero-order chi connectivity index (χ0) is 17.5. The van der Waals surface area contributed by atoms with E-state index in [9.17, 15) is 0 Å². The van der Waals surface area contributed by atoms with E-state index in [4.69, 9.17) is 27.9 Å². The first kappa shape index (κ1) is 18.5. The van der Waals surface area contributed by atoms with Gasteiger partial charge in [-0.2, -0.15) is 15.0 Å². The number of unbranched alkanes of at least 4 members (excludes halogenated alkanes) is 1. The van der Waals surface area contributed by atoms with Gasteiger partial charge in [0.1, 0.15) is 5.75 Å². The number of hydrogen-bond donors (Lipinski definition) is 2. The van der Waals surface area contributed by atoms with Crippen LogP contribution in [0.3, 0.4) is 0 Å². The fraction of sp³-hybridized carbons (Fsp3) is 0.438. The van der Waals surface area contributed by atoms with Crippen LogP contribution in [0.5, 0.6) is 5.75 Å². The molecule has 1 aromatic carbocycles. The van der Waals surface area contributed by atoms with Gasteiger partial charge in [0.05, 0.1) is 12.1 Å². The van der Waals surface area contributed by atoms with E-state index in [0.29, 0.717) is 22.7 Å². The summed E-state index contributed by atoms with van der Waals surface area (Å²) in [6, 6.07) is 5.57. The van der Waals surface area contributed by atoms with E-state index in [1.807, 2.05) is 6.07 Å². The van der Waals surface area contributed by atoms with Gasteiger partial charge in [-0.25, -0.2) is 0 Å². The van der Waals surface area contributed by atoms with Gasteiger partial charge in [0.25, 0.3) is 0 Å². The van der Waals surface area contributed by atoms with Gasteiger partial charge < -0.3 is 15.4 Å². The molecule has 0 amide bonds. The Morgan fingerprint density at radius 2 is 1.92 bits per heavy atom. The van der Waals surface area contributed by atoms with Crippen LogP contribution in [0.15, 0.2) is 18.2 Å². The number of ether oxygens (including phenoxy) is 1. The molecule has 2 aromatic rings. The Morgan fingerprint density at radius 1 is 1.17 bits per heavy atom. The summed E-state index contributed by atoms with van der Waals surface area (Å²) in [7, 11) is 1.57. The van der Waals surface area contributed by atoms with Crippen molar-refractivity contribution in [1.82, 2.24) is 15.0 Å². The van der Waals surface area contributed by atoms with E-state index < -0.39 is 0 Å². The molecule has 0 aliphatic heterocycles. The molecule has 6 nitrogen and oxygen atoms in total. The predicted octanol–water partition coefficient (Wildman–Crippen LogP) is 4.92. The van der Waals surface area contributed by atoms with Gasteiger partial charge in [0, 0.05) is 11.7 Å². The molecule has 130 valence electrons. The molecule has 0 fully saturated rings.